The van der Waals surface area contributed by atoms with Crippen molar-refractivity contribution in [2.75, 3.05) is 16.5 Å². The van der Waals surface area contributed by atoms with Gasteiger partial charge in [-0.3, -0.25) is 4.57 Å². The maximum atomic E-state index is 7.04. The molecule has 1 aliphatic heterocycles. The molecule has 0 amide bonds. The number of aromatic nitrogens is 2. The summed E-state index contributed by atoms with van der Waals surface area (Å²) in [5.74, 6) is 3.76. The highest BCUT2D eigenvalue weighted by atomic mass is 16.5. The summed E-state index contributed by atoms with van der Waals surface area (Å²) in [6.07, 6.45) is 1.95. The van der Waals surface area contributed by atoms with Crippen molar-refractivity contribution in [1.82, 2.24) is 9.55 Å². The Balaban J connectivity index is 1.13. The molecule has 0 unspecified atom stereocenters. The number of hydrogen-bond acceptors (Lipinski definition) is 4. The van der Waals surface area contributed by atoms with Crippen molar-refractivity contribution < 1.29 is 4.74 Å². The fraction of sp³-hybridized carbons (Fsp3) is 0.349. The molecule has 9 rings (SSSR count). The first-order valence-electron chi connectivity index (χ1n) is 24.9. The van der Waals surface area contributed by atoms with Crippen molar-refractivity contribution in [3.63, 3.8) is 0 Å². The molecule has 3 heterocycles. The van der Waals surface area contributed by atoms with E-state index in [-0.39, 0.29) is 16.2 Å². The predicted octanol–water partition coefficient (Wildman–Crippen LogP) is 18.1. The van der Waals surface area contributed by atoms with Crippen LogP contribution in [0.2, 0.25) is 0 Å². The first kappa shape index (κ1) is 46.8. The molecule has 0 N–H and O–H groups in total. The Morgan fingerprint density at radius 3 is 1.74 bits per heavy atom. The zero-order valence-corrected chi connectivity index (χ0v) is 43.3. The van der Waals surface area contributed by atoms with Gasteiger partial charge in [-0.05, 0) is 151 Å². The summed E-state index contributed by atoms with van der Waals surface area (Å²) in [6.45, 7) is 35.1. The Kier molecular flexibility index (Phi) is 11.9. The summed E-state index contributed by atoms with van der Waals surface area (Å²) in [5.41, 5.74) is 17.4. The van der Waals surface area contributed by atoms with E-state index in [9.17, 15) is 0 Å². The van der Waals surface area contributed by atoms with Crippen molar-refractivity contribution in [1.29, 1.82) is 0 Å². The van der Waals surface area contributed by atoms with E-state index in [0.29, 0.717) is 24.4 Å². The maximum absolute atomic E-state index is 7.04. The molecule has 0 saturated heterocycles. The van der Waals surface area contributed by atoms with Crippen LogP contribution >= 0.6 is 0 Å². The summed E-state index contributed by atoms with van der Waals surface area (Å²) in [7, 11) is 0. The van der Waals surface area contributed by atoms with E-state index in [1.807, 2.05) is 6.20 Å². The Labute approximate surface area is 406 Å². The molecule has 68 heavy (non-hydrogen) atoms. The summed E-state index contributed by atoms with van der Waals surface area (Å²) in [6, 6.07) is 47.6. The summed E-state index contributed by atoms with van der Waals surface area (Å²) in [5, 5.41) is 2.39. The molecule has 0 radical (unpaired) electrons. The van der Waals surface area contributed by atoms with Gasteiger partial charge in [0.1, 0.15) is 24.0 Å². The third kappa shape index (κ3) is 8.81. The summed E-state index contributed by atoms with van der Waals surface area (Å²) >= 11 is 0. The molecular formula is C63H72N4O. The number of hydrogen-bond donors (Lipinski definition) is 0. The van der Waals surface area contributed by atoms with Crippen LogP contribution < -0.4 is 14.5 Å². The van der Waals surface area contributed by atoms with Gasteiger partial charge in [-0.15, -0.1) is 0 Å². The number of pyridine rings is 1. The van der Waals surface area contributed by atoms with Crippen LogP contribution in [0.1, 0.15) is 155 Å². The summed E-state index contributed by atoms with van der Waals surface area (Å²) in [4.78, 5) is 9.90. The zero-order valence-electron chi connectivity index (χ0n) is 43.3. The molecule has 6 aromatic carbocycles. The molecule has 0 fully saturated rings. The van der Waals surface area contributed by atoms with Gasteiger partial charge in [-0.25, -0.2) is 4.98 Å². The lowest BCUT2D eigenvalue weighted by molar-refractivity contribution is 0.479. The number of para-hydroxylation sites is 2. The third-order valence-electron chi connectivity index (χ3n) is 14.1. The van der Waals surface area contributed by atoms with Gasteiger partial charge >= 0.3 is 0 Å². The quantitative estimate of drug-likeness (QED) is 0.145. The second-order valence-corrected chi connectivity index (χ2v) is 23.3. The smallest absolute Gasteiger partial charge is 0.137 e. The van der Waals surface area contributed by atoms with Crippen LogP contribution in [-0.4, -0.2) is 16.2 Å². The van der Waals surface area contributed by atoms with E-state index in [0.717, 1.165) is 34.0 Å². The third-order valence-corrected chi connectivity index (χ3v) is 14.1. The Morgan fingerprint density at radius 1 is 0.485 bits per heavy atom. The Hall–Kier alpha value is -6.33. The second-order valence-electron chi connectivity index (χ2n) is 23.3. The van der Waals surface area contributed by atoms with Crippen LogP contribution in [0.4, 0.5) is 22.7 Å². The lowest BCUT2D eigenvalue weighted by atomic mass is 9.81. The molecule has 2 aromatic heterocycles. The molecule has 1 aliphatic rings. The molecule has 0 saturated carbocycles. The lowest BCUT2D eigenvalue weighted by Crippen LogP contribution is -2.24. The van der Waals surface area contributed by atoms with Crippen molar-refractivity contribution in [2.24, 2.45) is 0 Å². The van der Waals surface area contributed by atoms with E-state index >= 15 is 0 Å². The van der Waals surface area contributed by atoms with Gasteiger partial charge in [0.25, 0.3) is 0 Å². The number of anilines is 4. The first-order valence-corrected chi connectivity index (χ1v) is 24.9. The highest BCUT2D eigenvalue weighted by Gasteiger charge is 2.30. The van der Waals surface area contributed by atoms with Gasteiger partial charge < -0.3 is 14.5 Å². The van der Waals surface area contributed by atoms with Gasteiger partial charge in [0.05, 0.1) is 22.4 Å². The van der Waals surface area contributed by atoms with Gasteiger partial charge in [0.2, 0.25) is 0 Å². The molecule has 8 aromatic rings. The largest absolute Gasteiger partial charge is 0.457 e. The van der Waals surface area contributed by atoms with Crippen LogP contribution in [-0.2, 0) is 16.2 Å². The van der Waals surface area contributed by atoms with E-state index in [1.54, 1.807) is 0 Å². The van der Waals surface area contributed by atoms with Crippen LogP contribution in [0, 0.1) is 0 Å². The molecule has 5 heteroatoms. The number of nitrogens with zero attached hydrogens (tertiary/aromatic N) is 4. The van der Waals surface area contributed by atoms with Gasteiger partial charge in [0.15, 0.2) is 0 Å². The summed E-state index contributed by atoms with van der Waals surface area (Å²) < 4.78 is 9.35. The SMILES string of the molecule is CC(C)c1cc(C(C)C)c(-c2cccc(N3CN(c4cc(Oc5ccc6c7cc(C(C)(C)C)ccc7n(-c7cc(C(C)(C)C)ccn7)c6c5)cc(C(C)(C)C)c4)c4ccccc43)c2)c(C(C)C)c1. The number of rotatable bonds is 9. The minimum absolute atomic E-state index is 0.0118. The second kappa shape index (κ2) is 17.3. The van der Waals surface area contributed by atoms with Gasteiger partial charge in [-0.1, -0.05) is 146 Å². The molecule has 0 atom stereocenters. The molecule has 5 nitrogen and oxygen atoms in total. The average Bonchev–Trinajstić information content (AvgIpc) is 3.83. The van der Waals surface area contributed by atoms with E-state index in [4.69, 9.17) is 9.72 Å². The topological polar surface area (TPSA) is 33.5 Å². The monoisotopic (exact) mass is 901 g/mol. The van der Waals surface area contributed by atoms with E-state index in [1.165, 1.54) is 72.3 Å². The average molecular weight is 901 g/mol. The molecule has 350 valence electrons. The minimum atomic E-state index is -0.125. The molecule has 0 spiro atoms. The van der Waals surface area contributed by atoms with Gasteiger partial charge in [0, 0.05) is 40.5 Å². The highest BCUT2D eigenvalue weighted by Crippen LogP contribution is 2.48. The fourth-order valence-corrected chi connectivity index (χ4v) is 9.93. The van der Waals surface area contributed by atoms with Crippen LogP contribution in [0.5, 0.6) is 11.5 Å². The lowest BCUT2D eigenvalue weighted by Gasteiger charge is -2.27. The Morgan fingerprint density at radius 2 is 1.12 bits per heavy atom. The number of benzene rings is 6. The predicted molar refractivity (Wildman–Crippen MR) is 291 cm³/mol. The van der Waals surface area contributed by atoms with Crippen LogP contribution in [0.3, 0.4) is 0 Å². The van der Waals surface area contributed by atoms with Crippen molar-refractivity contribution in [3.8, 4) is 28.4 Å². The minimum Gasteiger partial charge on any atom is -0.457 e. The zero-order chi connectivity index (χ0) is 48.6. The highest BCUT2D eigenvalue weighted by molar-refractivity contribution is 6.10. The van der Waals surface area contributed by atoms with Crippen molar-refractivity contribution in [3.05, 3.63) is 167 Å². The van der Waals surface area contributed by atoms with Crippen molar-refractivity contribution >= 4 is 44.6 Å². The first-order chi connectivity index (χ1) is 32.1. The molecule has 0 aliphatic carbocycles. The number of fused-ring (bicyclic) bond motifs is 4. The fourth-order valence-electron chi connectivity index (χ4n) is 9.93. The van der Waals surface area contributed by atoms with E-state index in [2.05, 4.69) is 246 Å². The molecule has 0 bridgehead atoms. The van der Waals surface area contributed by atoms with Crippen LogP contribution in [0.15, 0.2) is 134 Å². The van der Waals surface area contributed by atoms with Crippen LogP contribution in [0.25, 0.3) is 38.8 Å². The number of ether oxygens (including phenoxy) is 1. The normalized spacial score (nSPS) is 13.5. The molecular weight excluding hydrogens is 829 g/mol. The maximum Gasteiger partial charge on any atom is 0.137 e. The Bertz CT molecular complexity index is 3150. The van der Waals surface area contributed by atoms with E-state index < -0.39 is 0 Å². The van der Waals surface area contributed by atoms with Gasteiger partial charge in [-0.2, -0.15) is 0 Å². The van der Waals surface area contributed by atoms with Crippen molar-refractivity contribution in [2.45, 2.75) is 138 Å². The standard InChI is InChI=1S/C63H72N4O/c1-39(2)43-30-52(40(3)4)60(53(31-43)41(5)6)42-19-18-20-47(29-42)65-38-66(57-22-17-16-21-56(57)65)48-32-46(63(13,14)15)33-50(36-48)68-49-24-25-51-54-34-44(61(7,8)9)23-26-55(54)67(58(51)37-49)59-35-45(27-28-64-59)62(10,11)12/h16-37,39-41H,38H2,1-15H3.